The number of amides is 2. The molecular formula is C39H61BN2O8. The Morgan fingerprint density at radius 1 is 0.940 bits per heavy atom. The first-order valence-corrected chi connectivity index (χ1v) is 19.6. The van der Waals surface area contributed by atoms with Crippen molar-refractivity contribution in [1.82, 2.24) is 10.6 Å². The van der Waals surface area contributed by atoms with Crippen LogP contribution in [0.5, 0.6) is 5.75 Å². The van der Waals surface area contributed by atoms with Gasteiger partial charge in [0, 0.05) is 13.1 Å². The predicted molar refractivity (Wildman–Crippen MR) is 195 cm³/mol. The van der Waals surface area contributed by atoms with Crippen LogP contribution in [0.3, 0.4) is 0 Å². The van der Waals surface area contributed by atoms with Crippen molar-refractivity contribution in [2.24, 2.45) is 29.6 Å². The van der Waals surface area contributed by atoms with Gasteiger partial charge in [0.15, 0.2) is 6.61 Å². The molecule has 3 aliphatic carbocycles. The number of esters is 1. The molecule has 3 aliphatic rings. The molecule has 0 aromatic heterocycles. The number of carbonyl (C=O) groups excluding carboxylic acids is 3. The van der Waals surface area contributed by atoms with Gasteiger partial charge in [0.25, 0.3) is 0 Å². The second kappa shape index (κ2) is 20.7. The van der Waals surface area contributed by atoms with E-state index in [1.54, 1.807) is 0 Å². The zero-order valence-electron chi connectivity index (χ0n) is 30.5. The molecule has 2 unspecified atom stereocenters. The first-order valence-electron chi connectivity index (χ1n) is 19.6. The fourth-order valence-corrected chi connectivity index (χ4v) is 8.62. The number of ether oxygens (including phenoxy) is 2. The van der Waals surface area contributed by atoms with Gasteiger partial charge < -0.3 is 30.3 Å². The van der Waals surface area contributed by atoms with Gasteiger partial charge >= 0.3 is 11.9 Å². The van der Waals surface area contributed by atoms with Gasteiger partial charge in [-0.15, -0.1) is 0 Å². The molecule has 2 fully saturated rings. The number of carbonyl (C=O) groups is 4. The number of fused-ring (bicyclic) bond motifs is 2. The minimum atomic E-state index is -1.00. The van der Waals surface area contributed by atoms with Crippen LogP contribution in [-0.2, 0) is 36.8 Å². The summed E-state index contributed by atoms with van der Waals surface area (Å²) in [6.07, 6.45) is 14.5. The van der Waals surface area contributed by atoms with E-state index in [-0.39, 0.29) is 42.3 Å². The van der Waals surface area contributed by atoms with Crippen molar-refractivity contribution in [1.29, 1.82) is 0 Å². The van der Waals surface area contributed by atoms with Crippen molar-refractivity contribution in [3.63, 3.8) is 0 Å². The lowest BCUT2D eigenvalue weighted by Gasteiger charge is -2.33. The molecule has 0 radical (unpaired) electrons. The first kappa shape index (κ1) is 39.7. The van der Waals surface area contributed by atoms with Crippen LogP contribution in [0.1, 0.15) is 114 Å². The number of benzene rings is 1. The summed E-state index contributed by atoms with van der Waals surface area (Å²) in [6.45, 7) is 3.07. The Hall–Kier alpha value is -3.08. The highest BCUT2D eigenvalue weighted by molar-refractivity contribution is 6.19. The number of carboxylic acid groups (broad SMARTS) is 1. The van der Waals surface area contributed by atoms with E-state index in [0.717, 1.165) is 94.6 Å². The van der Waals surface area contributed by atoms with E-state index < -0.39 is 18.0 Å². The summed E-state index contributed by atoms with van der Waals surface area (Å²) in [6, 6.07) is 5.84. The van der Waals surface area contributed by atoms with E-state index >= 15 is 0 Å². The highest BCUT2D eigenvalue weighted by Crippen LogP contribution is 2.48. The number of unbranched alkanes of at least 4 members (excludes halogenated alkanes) is 5. The van der Waals surface area contributed by atoms with Crippen molar-refractivity contribution in [2.45, 2.75) is 135 Å². The van der Waals surface area contributed by atoms with Crippen LogP contribution in [0.25, 0.3) is 0 Å². The van der Waals surface area contributed by atoms with Crippen LogP contribution in [0.4, 0.5) is 0 Å². The second-order valence-corrected chi connectivity index (χ2v) is 14.9. The molecule has 1 aromatic rings. The minimum absolute atomic E-state index is 0.0430. The van der Waals surface area contributed by atoms with Crippen molar-refractivity contribution in [3.05, 3.63) is 29.3 Å². The molecule has 0 heterocycles. The van der Waals surface area contributed by atoms with Crippen LogP contribution >= 0.6 is 0 Å². The summed E-state index contributed by atoms with van der Waals surface area (Å²) in [4.78, 5) is 49.5. The predicted octanol–water partition coefficient (Wildman–Crippen LogP) is 4.78. The van der Waals surface area contributed by atoms with E-state index in [9.17, 15) is 24.3 Å². The standard InChI is InChI=1S/C39H61BN2O8/c1-2-3-6-13-28(17-18-29-32-21-26-12-11-16-35(49-25-37(45)46)33(26)22-27(32)23-34(29)43)50-39(48)31-15-8-7-14-30(31)38(47)42-20-10-5-4-9-19-41-36(44)24-40/h11-12,16,27-32,34,43H,2-10,13-15,17-25,40H2,1H3,(H,41,44)(H,42,47)(H,45,46)/t27-,28-,29+,30?,31?,32-,34+/m0/s1. The lowest BCUT2D eigenvalue weighted by molar-refractivity contribution is -0.160. The summed E-state index contributed by atoms with van der Waals surface area (Å²) in [7, 11) is 1.84. The Morgan fingerprint density at radius 3 is 2.40 bits per heavy atom. The van der Waals surface area contributed by atoms with Crippen molar-refractivity contribution in [3.8, 4) is 5.75 Å². The Kier molecular flexibility index (Phi) is 16.4. The maximum atomic E-state index is 13.7. The number of aliphatic hydroxyl groups excluding tert-OH is 1. The van der Waals surface area contributed by atoms with Crippen LogP contribution in [0.2, 0.25) is 6.32 Å². The Morgan fingerprint density at radius 2 is 1.68 bits per heavy atom. The number of hydrogen-bond acceptors (Lipinski definition) is 7. The highest BCUT2D eigenvalue weighted by atomic mass is 16.5. The van der Waals surface area contributed by atoms with Gasteiger partial charge in [0.05, 0.1) is 17.9 Å². The molecule has 2 saturated carbocycles. The fraction of sp³-hybridized carbons (Fsp3) is 0.744. The average Bonchev–Trinajstić information content (AvgIpc) is 3.42. The average molecular weight is 697 g/mol. The highest BCUT2D eigenvalue weighted by Gasteiger charge is 2.45. The largest absolute Gasteiger partial charge is 0.482 e. The molecule has 1 aromatic carbocycles. The quantitative estimate of drug-likeness (QED) is 0.0815. The number of aliphatic carboxylic acids is 1. The third-order valence-electron chi connectivity index (χ3n) is 11.4. The summed E-state index contributed by atoms with van der Waals surface area (Å²) in [5, 5.41) is 26.3. The molecule has 4 N–H and O–H groups in total. The Bertz CT molecular complexity index is 1260. The number of aliphatic hydroxyl groups is 1. The van der Waals surface area contributed by atoms with Gasteiger partial charge in [-0.05, 0) is 112 Å². The van der Waals surface area contributed by atoms with E-state index in [1.807, 2.05) is 20.0 Å². The molecule has 2 amide bonds. The monoisotopic (exact) mass is 696 g/mol. The molecule has 7 atom stereocenters. The summed E-state index contributed by atoms with van der Waals surface area (Å²) >= 11 is 0. The number of rotatable bonds is 21. The second-order valence-electron chi connectivity index (χ2n) is 14.9. The van der Waals surface area contributed by atoms with E-state index in [1.165, 1.54) is 0 Å². The lowest BCUT2D eigenvalue weighted by atomic mass is 9.73. The third-order valence-corrected chi connectivity index (χ3v) is 11.4. The molecule has 0 bridgehead atoms. The van der Waals surface area contributed by atoms with E-state index in [4.69, 9.17) is 14.6 Å². The van der Waals surface area contributed by atoms with Crippen LogP contribution in [0.15, 0.2) is 18.2 Å². The third kappa shape index (κ3) is 11.7. The normalized spacial score (nSPS) is 24.8. The molecule has 0 spiro atoms. The molecule has 0 saturated heterocycles. The Balaban J connectivity index is 1.29. The molecule has 278 valence electrons. The molecule has 11 heteroatoms. The van der Waals surface area contributed by atoms with Gasteiger partial charge in [-0.25, -0.2) is 4.79 Å². The van der Waals surface area contributed by atoms with E-state index in [0.29, 0.717) is 62.7 Å². The van der Waals surface area contributed by atoms with Gasteiger partial charge in [0.2, 0.25) is 11.8 Å². The smallest absolute Gasteiger partial charge is 0.341 e. The first-order chi connectivity index (χ1) is 24.2. The fourth-order valence-electron chi connectivity index (χ4n) is 8.62. The summed E-state index contributed by atoms with van der Waals surface area (Å²) in [5.41, 5.74) is 2.23. The van der Waals surface area contributed by atoms with Gasteiger partial charge in [-0.3, -0.25) is 14.4 Å². The molecule has 4 rings (SSSR count). The molecule has 50 heavy (non-hydrogen) atoms. The van der Waals surface area contributed by atoms with Crippen LogP contribution < -0.4 is 15.4 Å². The van der Waals surface area contributed by atoms with E-state index in [2.05, 4.69) is 23.6 Å². The number of nitrogens with one attached hydrogen (secondary N) is 2. The van der Waals surface area contributed by atoms with Crippen LogP contribution in [-0.4, -0.2) is 73.7 Å². The van der Waals surface area contributed by atoms with Gasteiger partial charge in [-0.2, -0.15) is 0 Å². The lowest BCUT2D eigenvalue weighted by Crippen LogP contribution is -2.41. The van der Waals surface area contributed by atoms with Crippen molar-refractivity contribution < 1.29 is 38.9 Å². The number of hydrogen-bond donors (Lipinski definition) is 4. The van der Waals surface area contributed by atoms with Crippen LogP contribution in [0, 0.1) is 29.6 Å². The minimum Gasteiger partial charge on any atom is -0.482 e. The topological polar surface area (TPSA) is 151 Å². The maximum absolute atomic E-state index is 13.7. The number of carboxylic acids is 1. The molecular weight excluding hydrogens is 635 g/mol. The summed E-state index contributed by atoms with van der Waals surface area (Å²) < 4.78 is 11.9. The SMILES string of the molecule is BCC(=O)NCCCCCCNC(=O)C1CCCCC1C(=O)O[C@@H](CCCCC)CC[C@@H]1[C@H]2Cc3cccc(OCC(=O)O)c3C[C@H]2C[C@H]1O. The maximum Gasteiger partial charge on any atom is 0.341 e. The van der Waals surface area contributed by atoms with Crippen molar-refractivity contribution >= 4 is 31.6 Å². The molecule has 0 aliphatic heterocycles. The Labute approximate surface area is 299 Å². The summed E-state index contributed by atoms with van der Waals surface area (Å²) in [5.74, 6) is -0.653. The molecule has 10 nitrogen and oxygen atoms in total. The van der Waals surface area contributed by atoms with Gasteiger partial charge in [-0.1, -0.05) is 57.6 Å². The van der Waals surface area contributed by atoms with Gasteiger partial charge in [0.1, 0.15) is 19.7 Å². The van der Waals surface area contributed by atoms with Crippen molar-refractivity contribution in [2.75, 3.05) is 19.7 Å². The zero-order valence-corrected chi connectivity index (χ0v) is 30.5. The zero-order chi connectivity index (χ0) is 35.9.